The van der Waals surface area contributed by atoms with Gasteiger partial charge in [-0.3, -0.25) is 4.90 Å². The first kappa shape index (κ1) is 24.0. The van der Waals surface area contributed by atoms with E-state index in [-0.39, 0.29) is 31.1 Å². The molecule has 1 atom stereocenters. The standard InChI is InChI=1S/C23H32N2O2.ClH/c1-4-5-6-22(24)17-27-23(26)25(15-20-11-7-18(2)8-12-20)16-21-13-9-19(3)10-14-21;/h7-14,22H,4-6,15-17,24H2,1-3H3;1H/t22-;/m1./s1. The van der Waals surface area contributed by atoms with Gasteiger partial charge < -0.3 is 10.5 Å². The van der Waals surface area contributed by atoms with Gasteiger partial charge in [0.25, 0.3) is 0 Å². The molecule has 2 N–H and O–H groups in total. The fourth-order valence-corrected chi connectivity index (χ4v) is 2.83. The second kappa shape index (κ2) is 12.4. The monoisotopic (exact) mass is 404 g/mol. The average molecular weight is 405 g/mol. The van der Waals surface area contributed by atoms with Crippen LogP contribution in [0.15, 0.2) is 48.5 Å². The first-order valence-corrected chi connectivity index (χ1v) is 9.76. The average Bonchev–Trinajstić information content (AvgIpc) is 2.67. The molecule has 2 rings (SSSR count). The van der Waals surface area contributed by atoms with Crippen LogP contribution in [0.5, 0.6) is 0 Å². The Hall–Kier alpha value is -2.04. The molecule has 2 aromatic carbocycles. The number of ether oxygens (including phenoxy) is 1. The van der Waals surface area contributed by atoms with Gasteiger partial charge in [-0.2, -0.15) is 0 Å². The van der Waals surface area contributed by atoms with Gasteiger partial charge in [-0.15, -0.1) is 12.4 Å². The second-order valence-corrected chi connectivity index (χ2v) is 7.31. The maximum atomic E-state index is 12.7. The van der Waals surface area contributed by atoms with E-state index >= 15 is 0 Å². The van der Waals surface area contributed by atoms with Crippen LogP contribution in [0.25, 0.3) is 0 Å². The molecule has 0 aromatic heterocycles. The molecule has 0 saturated heterocycles. The largest absolute Gasteiger partial charge is 0.448 e. The number of halogens is 1. The molecule has 0 unspecified atom stereocenters. The van der Waals surface area contributed by atoms with Crippen LogP contribution in [-0.2, 0) is 17.8 Å². The number of benzene rings is 2. The second-order valence-electron chi connectivity index (χ2n) is 7.31. The molecule has 0 heterocycles. The van der Waals surface area contributed by atoms with Crippen molar-refractivity contribution in [3.8, 4) is 0 Å². The van der Waals surface area contributed by atoms with Gasteiger partial charge in [0.05, 0.1) is 0 Å². The van der Waals surface area contributed by atoms with Crippen molar-refractivity contribution >= 4 is 18.5 Å². The van der Waals surface area contributed by atoms with E-state index in [9.17, 15) is 4.79 Å². The van der Waals surface area contributed by atoms with E-state index in [2.05, 4.69) is 69.3 Å². The number of carbonyl (C=O) groups is 1. The third-order valence-electron chi connectivity index (χ3n) is 4.60. The number of nitrogens with zero attached hydrogens (tertiary/aromatic N) is 1. The van der Waals surface area contributed by atoms with Gasteiger partial charge in [0, 0.05) is 19.1 Å². The van der Waals surface area contributed by atoms with E-state index in [0.717, 1.165) is 30.4 Å². The molecular formula is C23H33ClN2O2. The molecule has 0 spiro atoms. The van der Waals surface area contributed by atoms with Gasteiger partial charge in [0.15, 0.2) is 0 Å². The van der Waals surface area contributed by atoms with Crippen LogP contribution in [0.3, 0.4) is 0 Å². The molecule has 28 heavy (non-hydrogen) atoms. The zero-order valence-electron chi connectivity index (χ0n) is 17.2. The lowest BCUT2D eigenvalue weighted by Gasteiger charge is -2.23. The van der Waals surface area contributed by atoms with Gasteiger partial charge in [-0.05, 0) is 31.4 Å². The summed E-state index contributed by atoms with van der Waals surface area (Å²) in [5.74, 6) is 0. The Morgan fingerprint density at radius 3 is 1.86 bits per heavy atom. The zero-order valence-corrected chi connectivity index (χ0v) is 18.0. The number of unbranched alkanes of at least 4 members (excludes halogenated alkanes) is 1. The van der Waals surface area contributed by atoms with Crippen LogP contribution in [0.1, 0.15) is 48.4 Å². The Balaban J connectivity index is 0.00000392. The highest BCUT2D eigenvalue weighted by atomic mass is 35.5. The summed E-state index contributed by atoms with van der Waals surface area (Å²) in [6, 6.07) is 16.4. The van der Waals surface area contributed by atoms with Crippen molar-refractivity contribution < 1.29 is 9.53 Å². The van der Waals surface area contributed by atoms with E-state index in [1.165, 1.54) is 11.1 Å². The molecule has 2 aromatic rings. The van der Waals surface area contributed by atoms with E-state index in [0.29, 0.717) is 13.1 Å². The third-order valence-corrected chi connectivity index (χ3v) is 4.60. The van der Waals surface area contributed by atoms with Gasteiger partial charge in [-0.1, -0.05) is 79.4 Å². The van der Waals surface area contributed by atoms with Gasteiger partial charge in [-0.25, -0.2) is 4.79 Å². The van der Waals surface area contributed by atoms with Crippen LogP contribution >= 0.6 is 12.4 Å². The van der Waals surface area contributed by atoms with Crippen molar-refractivity contribution in [1.82, 2.24) is 4.90 Å². The summed E-state index contributed by atoms with van der Waals surface area (Å²) >= 11 is 0. The normalized spacial score (nSPS) is 11.4. The molecule has 5 heteroatoms. The third kappa shape index (κ3) is 8.32. The SMILES string of the molecule is CCCC[C@@H](N)COC(=O)N(Cc1ccc(C)cc1)Cc1ccc(C)cc1.Cl. The van der Waals surface area contributed by atoms with Gasteiger partial charge in [0.2, 0.25) is 0 Å². The Bertz CT molecular complexity index is 654. The number of nitrogens with two attached hydrogens (primary N) is 1. The van der Waals surface area contributed by atoms with Crippen molar-refractivity contribution in [2.45, 2.75) is 59.2 Å². The van der Waals surface area contributed by atoms with Crippen LogP contribution in [0, 0.1) is 13.8 Å². The minimum absolute atomic E-state index is 0. The summed E-state index contributed by atoms with van der Waals surface area (Å²) < 4.78 is 5.52. The number of amides is 1. The van der Waals surface area contributed by atoms with E-state index < -0.39 is 0 Å². The Morgan fingerprint density at radius 1 is 0.964 bits per heavy atom. The first-order chi connectivity index (χ1) is 13.0. The molecule has 0 radical (unpaired) electrons. The fraction of sp³-hybridized carbons (Fsp3) is 0.435. The van der Waals surface area contributed by atoms with Crippen molar-refractivity contribution in [3.63, 3.8) is 0 Å². The van der Waals surface area contributed by atoms with Crippen molar-refractivity contribution in [2.75, 3.05) is 6.61 Å². The highest BCUT2D eigenvalue weighted by Crippen LogP contribution is 2.14. The lowest BCUT2D eigenvalue weighted by atomic mass is 10.1. The molecule has 0 bridgehead atoms. The highest BCUT2D eigenvalue weighted by molar-refractivity contribution is 5.85. The molecule has 0 aliphatic heterocycles. The van der Waals surface area contributed by atoms with Crippen LogP contribution < -0.4 is 5.73 Å². The van der Waals surface area contributed by atoms with Gasteiger partial charge >= 0.3 is 6.09 Å². The van der Waals surface area contributed by atoms with Crippen molar-refractivity contribution in [2.24, 2.45) is 5.73 Å². The maximum Gasteiger partial charge on any atom is 0.410 e. The number of rotatable bonds is 9. The molecule has 0 aliphatic rings. The zero-order chi connectivity index (χ0) is 19.6. The van der Waals surface area contributed by atoms with Crippen LogP contribution in [0.2, 0.25) is 0 Å². The number of hydrogen-bond acceptors (Lipinski definition) is 3. The lowest BCUT2D eigenvalue weighted by molar-refractivity contribution is 0.0907. The summed E-state index contributed by atoms with van der Waals surface area (Å²) in [4.78, 5) is 14.5. The minimum Gasteiger partial charge on any atom is -0.448 e. The highest BCUT2D eigenvalue weighted by Gasteiger charge is 2.17. The summed E-state index contributed by atoms with van der Waals surface area (Å²) in [6.07, 6.45) is 2.70. The van der Waals surface area contributed by atoms with Gasteiger partial charge in [0.1, 0.15) is 6.61 Å². The van der Waals surface area contributed by atoms with Crippen molar-refractivity contribution in [3.05, 3.63) is 70.8 Å². The molecule has 154 valence electrons. The van der Waals surface area contributed by atoms with Crippen LogP contribution in [0.4, 0.5) is 4.79 Å². The maximum absolute atomic E-state index is 12.7. The summed E-state index contributed by atoms with van der Waals surface area (Å²) in [7, 11) is 0. The van der Waals surface area contributed by atoms with Crippen molar-refractivity contribution in [1.29, 1.82) is 0 Å². The number of carbonyl (C=O) groups excluding carboxylic acids is 1. The molecule has 0 aliphatic carbocycles. The minimum atomic E-state index is -0.317. The van der Waals surface area contributed by atoms with E-state index in [1.807, 2.05) is 0 Å². The van der Waals surface area contributed by atoms with E-state index in [1.54, 1.807) is 4.90 Å². The number of hydrogen-bond donors (Lipinski definition) is 1. The Kier molecular flexibility index (Phi) is 10.6. The first-order valence-electron chi connectivity index (χ1n) is 9.76. The smallest absolute Gasteiger partial charge is 0.410 e. The molecule has 0 fully saturated rings. The number of aryl methyl sites for hydroxylation is 2. The Morgan fingerprint density at radius 2 is 1.43 bits per heavy atom. The summed E-state index contributed by atoms with van der Waals surface area (Å²) in [5.41, 5.74) is 10.6. The topological polar surface area (TPSA) is 55.6 Å². The molecular weight excluding hydrogens is 372 g/mol. The molecule has 0 saturated carbocycles. The quantitative estimate of drug-likeness (QED) is 0.610. The fourth-order valence-electron chi connectivity index (χ4n) is 2.83. The Labute approximate surface area is 175 Å². The predicted octanol–water partition coefficient (Wildman–Crippen LogP) is 5.38. The molecule has 1 amide bonds. The summed E-state index contributed by atoms with van der Waals surface area (Å²) in [5, 5.41) is 0. The van der Waals surface area contributed by atoms with Crippen LogP contribution in [-0.4, -0.2) is 23.6 Å². The molecule has 4 nitrogen and oxygen atoms in total. The lowest BCUT2D eigenvalue weighted by Crippen LogP contribution is -2.35. The predicted molar refractivity (Wildman–Crippen MR) is 118 cm³/mol. The summed E-state index contributed by atoms with van der Waals surface area (Å²) in [6.45, 7) is 7.52. The van der Waals surface area contributed by atoms with E-state index in [4.69, 9.17) is 10.5 Å².